The van der Waals surface area contributed by atoms with Crippen LogP contribution < -0.4 is 16.6 Å². The molecule has 0 saturated carbocycles. The summed E-state index contributed by atoms with van der Waals surface area (Å²) in [6.07, 6.45) is 3.05. The number of benzene rings is 1. The smallest absolute Gasteiger partial charge is 0.334 e. The standard InChI is InChI=1S/C17H16N4O2/c1-12(13-6-3-2-4-7-13)19-15-10-16(22)21(17(23)20-15)14-8-5-9-18-11-14/h2-12,19H,1H3,(H,20,23). The normalized spacial score (nSPS) is 11.9. The van der Waals surface area contributed by atoms with Gasteiger partial charge in [-0.1, -0.05) is 30.3 Å². The van der Waals surface area contributed by atoms with Crippen LogP contribution in [0.3, 0.4) is 0 Å². The topological polar surface area (TPSA) is 79.8 Å². The molecule has 1 unspecified atom stereocenters. The van der Waals surface area contributed by atoms with Gasteiger partial charge >= 0.3 is 5.69 Å². The Morgan fingerprint density at radius 1 is 1.13 bits per heavy atom. The van der Waals surface area contributed by atoms with Gasteiger partial charge in [-0.15, -0.1) is 0 Å². The predicted octanol–water partition coefficient (Wildman–Crippen LogP) is 2.09. The largest absolute Gasteiger partial charge is 0.365 e. The van der Waals surface area contributed by atoms with Crippen molar-refractivity contribution in [1.82, 2.24) is 14.5 Å². The molecule has 2 N–H and O–H groups in total. The maximum absolute atomic E-state index is 12.3. The lowest BCUT2D eigenvalue weighted by atomic mass is 10.1. The van der Waals surface area contributed by atoms with Crippen LogP contribution in [0.2, 0.25) is 0 Å². The van der Waals surface area contributed by atoms with Crippen LogP contribution in [-0.4, -0.2) is 14.5 Å². The molecule has 0 aliphatic carbocycles. The Morgan fingerprint density at radius 2 is 1.91 bits per heavy atom. The van der Waals surface area contributed by atoms with E-state index in [2.05, 4.69) is 15.3 Å². The summed E-state index contributed by atoms with van der Waals surface area (Å²) >= 11 is 0. The third-order valence-electron chi connectivity index (χ3n) is 3.51. The number of nitrogens with zero attached hydrogens (tertiary/aromatic N) is 2. The first-order chi connectivity index (χ1) is 11.1. The number of anilines is 1. The van der Waals surface area contributed by atoms with E-state index < -0.39 is 11.2 Å². The second kappa shape index (κ2) is 6.31. The van der Waals surface area contributed by atoms with E-state index in [9.17, 15) is 9.59 Å². The van der Waals surface area contributed by atoms with Gasteiger partial charge in [-0.3, -0.25) is 14.8 Å². The third kappa shape index (κ3) is 3.21. The first kappa shape index (κ1) is 14.8. The zero-order chi connectivity index (χ0) is 16.2. The Balaban J connectivity index is 1.92. The fraction of sp³-hybridized carbons (Fsp3) is 0.118. The summed E-state index contributed by atoms with van der Waals surface area (Å²) in [5.41, 5.74) is 0.573. The molecule has 0 amide bonds. The molecule has 0 aliphatic rings. The second-order valence-electron chi connectivity index (χ2n) is 5.15. The molecule has 0 saturated heterocycles. The van der Waals surface area contributed by atoms with Gasteiger partial charge in [0.05, 0.1) is 11.9 Å². The fourth-order valence-corrected chi connectivity index (χ4v) is 2.36. The number of aromatic nitrogens is 3. The van der Waals surface area contributed by atoms with Crippen LogP contribution in [0, 0.1) is 0 Å². The van der Waals surface area contributed by atoms with Crippen LogP contribution in [0.4, 0.5) is 5.82 Å². The molecule has 3 aromatic rings. The predicted molar refractivity (Wildman–Crippen MR) is 88.9 cm³/mol. The highest BCUT2D eigenvalue weighted by molar-refractivity contribution is 5.38. The first-order valence-corrected chi connectivity index (χ1v) is 7.23. The van der Waals surface area contributed by atoms with Gasteiger partial charge < -0.3 is 5.32 Å². The molecule has 2 heterocycles. The van der Waals surface area contributed by atoms with Crippen molar-refractivity contribution in [1.29, 1.82) is 0 Å². The van der Waals surface area contributed by atoms with Gasteiger partial charge in [0, 0.05) is 18.3 Å². The molecule has 1 aromatic carbocycles. The summed E-state index contributed by atoms with van der Waals surface area (Å²) in [6.45, 7) is 1.96. The molecule has 0 fully saturated rings. The van der Waals surface area contributed by atoms with E-state index in [1.807, 2.05) is 37.3 Å². The van der Waals surface area contributed by atoms with Gasteiger partial charge in [-0.25, -0.2) is 9.36 Å². The number of H-pyrrole nitrogens is 1. The molecule has 0 bridgehead atoms. The van der Waals surface area contributed by atoms with E-state index in [-0.39, 0.29) is 6.04 Å². The lowest BCUT2D eigenvalue weighted by Gasteiger charge is -2.15. The number of hydrogen-bond donors (Lipinski definition) is 2. The van der Waals surface area contributed by atoms with E-state index in [0.717, 1.165) is 10.1 Å². The zero-order valence-electron chi connectivity index (χ0n) is 12.6. The number of rotatable bonds is 4. The average Bonchev–Trinajstić information content (AvgIpc) is 2.56. The number of hydrogen-bond acceptors (Lipinski definition) is 4. The Hall–Kier alpha value is -3.15. The summed E-state index contributed by atoms with van der Waals surface area (Å²) in [6, 6.07) is 14.4. The molecule has 23 heavy (non-hydrogen) atoms. The molecule has 6 heteroatoms. The van der Waals surface area contributed by atoms with Gasteiger partial charge in [0.15, 0.2) is 0 Å². The summed E-state index contributed by atoms with van der Waals surface area (Å²) < 4.78 is 1.05. The van der Waals surface area contributed by atoms with Gasteiger partial charge in [0.25, 0.3) is 5.56 Å². The maximum Gasteiger partial charge on any atom is 0.334 e. The Bertz CT molecular complexity index is 870. The van der Waals surface area contributed by atoms with Crippen LogP contribution in [-0.2, 0) is 0 Å². The molecule has 2 aromatic heterocycles. The highest BCUT2D eigenvalue weighted by Crippen LogP contribution is 2.15. The average molecular weight is 308 g/mol. The van der Waals surface area contributed by atoms with Gasteiger partial charge in [-0.05, 0) is 24.6 Å². The number of aromatic amines is 1. The SMILES string of the molecule is CC(Nc1cc(=O)n(-c2cccnc2)c(=O)[nH]1)c1ccccc1. The van der Waals surface area contributed by atoms with Crippen molar-refractivity contribution in [3.05, 3.63) is 87.3 Å². The van der Waals surface area contributed by atoms with E-state index in [1.54, 1.807) is 18.3 Å². The third-order valence-corrected chi connectivity index (χ3v) is 3.51. The van der Waals surface area contributed by atoms with Crippen LogP contribution in [0.15, 0.2) is 70.5 Å². The molecular formula is C17H16N4O2. The maximum atomic E-state index is 12.3. The summed E-state index contributed by atoms with van der Waals surface area (Å²) in [7, 11) is 0. The van der Waals surface area contributed by atoms with Crippen molar-refractivity contribution in [3.8, 4) is 5.69 Å². The molecule has 0 spiro atoms. The molecule has 6 nitrogen and oxygen atoms in total. The van der Waals surface area contributed by atoms with E-state index in [0.29, 0.717) is 11.5 Å². The quantitative estimate of drug-likeness (QED) is 0.773. The van der Waals surface area contributed by atoms with Crippen molar-refractivity contribution >= 4 is 5.82 Å². The number of nitrogens with one attached hydrogen (secondary N) is 2. The molecule has 1 atom stereocenters. The lowest BCUT2D eigenvalue weighted by molar-refractivity contribution is 0.834. The minimum atomic E-state index is -0.506. The monoisotopic (exact) mass is 308 g/mol. The van der Waals surface area contributed by atoms with Crippen molar-refractivity contribution in [2.75, 3.05) is 5.32 Å². The number of pyridine rings is 1. The zero-order valence-corrected chi connectivity index (χ0v) is 12.6. The van der Waals surface area contributed by atoms with E-state index in [4.69, 9.17) is 0 Å². The van der Waals surface area contributed by atoms with E-state index >= 15 is 0 Å². The molecule has 116 valence electrons. The summed E-state index contributed by atoms with van der Waals surface area (Å²) in [5.74, 6) is 0.386. The van der Waals surface area contributed by atoms with Crippen LogP contribution in [0.5, 0.6) is 0 Å². The van der Waals surface area contributed by atoms with E-state index in [1.165, 1.54) is 12.3 Å². The molecular weight excluding hydrogens is 292 g/mol. The summed E-state index contributed by atoms with van der Waals surface area (Å²) in [5, 5.41) is 3.13. The second-order valence-corrected chi connectivity index (χ2v) is 5.15. The van der Waals surface area contributed by atoms with Crippen LogP contribution in [0.25, 0.3) is 5.69 Å². The summed E-state index contributed by atoms with van der Waals surface area (Å²) in [4.78, 5) is 31.1. The van der Waals surface area contributed by atoms with Gasteiger partial charge in [0.2, 0.25) is 0 Å². The van der Waals surface area contributed by atoms with Gasteiger partial charge in [-0.2, -0.15) is 0 Å². The highest BCUT2D eigenvalue weighted by Gasteiger charge is 2.09. The Kier molecular flexibility index (Phi) is 4.05. The first-order valence-electron chi connectivity index (χ1n) is 7.23. The van der Waals surface area contributed by atoms with Crippen LogP contribution >= 0.6 is 0 Å². The van der Waals surface area contributed by atoms with Crippen molar-refractivity contribution < 1.29 is 0 Å². The highest BCUT2D eigenvalue weighted by atomic mass is 16.2. The lowest BCUT2D eigenvalue weighted by Crippen LogP contribution is -2.34. The van der Waals surface area contributed by atoms with Gasteiger partial charge in [0.1, 0.15) is 5.82 Å². The van der Waals surface area contributed by atoms with Crippen molar-refractivity contribution in [2.24, 2.45) is 0 Å². The van der Waals surface area contributed by atoms with Crippen molar-refractivity contribution in [2.45, 2.75) is 13.0 Å². The fourth-order valence-electron chi connectivity index (χ4n) is 2.36. The Morgan fingerprint density at radius 3 is 2.57 bits per heavy atom. The van der Waals surface area contributed by atoms with Crippen LogP contribution in [0.1, 0.15) is 18.5 Å². The molecule has 3 rings (SSSR count). The minimum Gasteiger partial charge on any atom is -0.365 e. The van der Waals surface area contributed by atoms with Crippen molar-refractivity contribution in [3.63, 3.8) is 0 Å². The minimum absolute atomic E-state index is 0.0412. The Labute approximate surface area is 132 Å². The molecule has 0 radical (unpaired) electrons. The molecule has 0 aliphatic heterocycles.